The number of amides is 1. The normalized spacial score (nSPS) is 15.6. The molecule has 0 atom stereocenters. The van der Waals surface area contributed by atoms with Crippen LogP contribution in [0.4, 0.5) is 5.69 Å². The molecule has 2 N–H and O–H groups in total. The second-order valence-electron chi connectivity index (χ2n) is 4.10. The predicted molar refractivity (Wildman–Crippen MR) is 63.4 cm³/mol. The zero-order valence-corrected chi connectivity index (χ0v) is 9.87. The number of aromatic nitrogens is 1. The first-order valence-corrected chi connectivity index (χ1v) is 5.65. The minimum absolute atomic E-state index is 0.0773. The molecular weight excluding hydrogens is 226 g/mol. The summed E-state index contributed by atoms with van der Waals surface area (Å²) in [7, 11) is 1.81. The van der Waals surface area contributed by atoms with E-state index in [1.54, 1.807) is 11.9 Å². The number of halogens is 1. The SMILES string of the molecule is CN(C(=O)c1cc(Cl)ncc1N)C1CCC1. The molecule has 0 aliphatic heterocycles. The van der Waals surface area contributed by atoms with Crippen molar-refractivity contribution in [3.63, 3.8) is 0 Å². The number of carbonyl (C=O) groups is 1. The average molecular weight is 240 g/mol. The zero-order chi connectivity index (χ0) is 11.7. The van der Waals surface area contributed by atoms with Crippen molar-refractivity contribution >= 4 is 23.2 Å². The summed E-state index contributed by atoms with van der Waals surface area (Å²) in [5.41, 5.74) is 6.53. The van der Waals surface area contributed by atoms with Crippen LogP contribution in [0.1, 0.15) is 29.6 Å². The average Bonchev–Trinajstić information content (AvgIpc) is 2.18. The molecule has 0 saturated heterocycles. The number of anilines is 1. The number of hydrogen-bond acceptors (Lipinski definition) is 3. The van der Waals surface area contributed by atoms with Crippen molar-refractivity contribution in [1.29, 1.82) is 0 Å². The highest BCUT2D eigenvalue weighted by atomic mass is 35.5. The van der Waals surface area contributed by atoms with Crippen molar-refractivity contribution in [2.45, 2.75) is 25.3 Å². The van der Waals surface area contributed by atoms with Gasteiger partial charge in [-0.25, -0.2) is 4.98 Å². The molecule has 5 heteroatoms. The van der Waals surface area contributed by atoms with E-state index in [0.29, 0.717) is 22.4 Å². The van der Waals surface area contributed by atoms with Gasteiger partial charge in [-0.2, -0.15) is 0 Å². The number of rotatable bonds is 2. The topological polar surface area (TPSA) is 59.2 Å². The first-order valence-electron chi connectivity index (χ1n) is 5.28. The lowest BCUT2D eigenvalue weighted by Crippen LogP contribution is -2.41. The van der Waals surface area contributed by atoms with E-state index in [4.69, 9.17) is 17.3 Å². The lowest BCUT2D eigenvalue weighted by atomic mass is 9.91. The summed E-state index contributed by atoms with van der Waals surface area (Å²) < 4.78 is 0. The van der Waals surface area contributed by atoms with Crippen molar-refractivity contribution in [2.75, 3.05) is 12.8 Å². The van der Waals surface area contributed by atoms with E-state index in [2.05, 4.69) is 4.98 Å². The van der Waals surface area contributed by atoms with Crippen LogP contribution in [0.25, 0.3) is 0 Å². The highest BCUT2D eigenvalue weighted by Gasteiger charge is 2.27. The van der Waals surface area contributed by atoms with Crippen LogP contribution in [0.2, 0.25) is 5.15 Å². The van der Waals surface area contributed by atoms with Crippen LogP contribution in [-0.2, 0) is 0 Å². The molecule has 16 heavy (non-hydrogen) atoms. The Bertz CT molecular complexity index is 418. The summed E-state index contributed by atoms with van der Waals surface area (Å²) in [6.45, 7) is 0. The minimum atomic E-state index is -0.0773. The Kier molecular flexibility index (Phi) is 3.01. The first kappa shape index (κ1) is 11.2. The van der Waals surface area contributed by atoms with E-state index >= 15 is 0 Å². The monoisotopic (exact) mass is 239 g/mol. The Hall–Kier alpha value is -1.29. The molecule has 1 fully saturated rings. The van der Waals surface area contributed by atoms with Gasteiger partial charge in [-0.05, 0) is 25.3 Å². The summed E-state index contributed by atoms with van der Waals surface area (Å²) >= 11 is 5.76. The summed E-state index contributed by atoms with van der Waals surface area (Å²) in [5.74, 6) is -0.0773. The molecule has 1 saturated carbocycles. The number of hydrogen-bond donors (Lipinski definition) is 1. The molecule has 2 rings (SSSR count). The van der Waals surface area contributed by atoms with E-state index < -0.39 is 0 Å². The van der Waals surface area contributed by atoms with E-state index in [9.17, 15) is 4.79 Å². The van der Waals surface area contributed by atoms with Crippen molar-refractivity contribution in [2.24, 2.45) is 0 Å². The van der Waals surface area contributed by atoms with Crippen LogP contribution in [0.15, 0.2) is 12.3 Å². The van der Waals surface area contributed by atoms with Crippen LogP contribution in [0.5, 0.6) is 0 Å². The van der Waals surface area contributed by atoms with Crippen LogP contribution in [-0.4, -0.2) is 28.9 Å². The largest absolute Gasteiger partial charge is 0.397 e. The summed E-state index contributed by atoms with van der Waals surface area (Å²) in [6.07, 6.45) is 4.75. The van der Waals surface area contributed by atoms with Crippen molar-refractivity contribution in [3.8, 4) is 0 Å². The molecule has 1 amide bonds. The number of nitrogens with zero attached hydrogens (tertiary/aromatic N) is 2. The molecule has 1 aromatic heterocycles. The lowest BCUT2D eigenvalue weighted by molar-refractivity contribution is 0.0653. The maximum atomic E-state index is 12.1. The van der Waals surface area contributed by atoms with Gasteiger partial charge in [0.1, 0.15) is 5.15 Å². The fourth-order valence-electron chi connectivity index (χ4n) is 1.76. The van der Waals surface area contributed by atoms with Crippen LogP contribution in [0.3, 0.4) is 0 Å². The highest BCUT2D eigenvalue weighted by Crippen LogP contribution is 2.26. The fraction of sp³-hybridized carbons (Fsp3) is 0.455. The van der Waals surface area contributed by atoms with Crippen molar-refractivity contribution < 1.29 is 4.79 Å². The summed E-state index contributed by atoms with van der Waals surface area (Å²) in [6, 6.07) is 1.87. The molecule has 1 aromatic rings. The molecule has 0 bridgehead atoms. The third kappa shape index (κ3) is 1.97. The van der Waals surface area contributed by atoms with Gasteiger partial charge in [0.15, 0.2) is 0 Å². The summed E-state index contributed by atoms with van der Waals surface area (Å²) in [5, 5.41) is 0.291. The van der Waals surface area contributed by atoms with E-state index in [1.165, 1.54) is 18.7 Å². The smallest absolute Gasteiger partial charge is 0.256 e. The molecule has 0 radical (unpaired) electrons. The molecule has 0 unspecified atom stereocenters. The zero-order valence-electron chi connectivity index (χ0n) is 9.11. The lowest BCUT2D eigenvalue weighted by Gasteiger charge is -2.34. The molecular formula is C11H14ClN3O. The van der Waals surface area contributed by atoms with Gasteiger partial charge in [-0.15, -0.1) is 0 Å². The molecule has 86 valence electrons. The van der Waals surface area contributed by atoms with Gasteiger partial charge in [0.25, 0.3) is 5.91 Å². The standard InChI is InChI=1S/C11H14ClN3O/c1-15(7-3-2-4-7)11(16)8-5-10(12)14-6-9(8)13/h5-7H,2-4,13H2,1H3. The molecule has 4 nitrogen and oxygen atoms in total. The number of pyridine rings is 1. The van der Waals surface area contributed by atoms with Gasteiger partial charge in [0.2, 0.25) is 0 Å². The Morgan fingerprint density at radius 2 is 2.31 bits per heavy atom. The molecule has 0 aromatic carbocycles. The molecule has 1 heterocycles. The highest BCUT2D eigenvalue weighted by molar-refractivity contribution is 6.29. The molecule has 1 aliphatic carbocycles. The van der Waals surface area contributed by atoms with Crippen LogP contribution >= 0.6 is 11.6 Å². The van der Waals surface area contributed by atoms with Crippen LogP contribution < -0.4 is 5.73 Å². The maximum Gasteiger partial charge on any atom is 0.256 e. The molecule has 0 spiro atoms. The number of nitrogens with two attached hydrogens (primary N) is 1. The third-order valence-corrected chi connectivity index (χ3v) is 3.28. The van der Waals surface area contributed by atoms with Gasteiger partial charge in [-0.1, -0.05) is 11.6 Å². The minimum Gasteiger partial charge on any atom is -0.397 e. The van der Waals surface area contributed by atoms with Crippen molar-refractivity contribution in [3.05, 3.63) is 23.0 Å². The first-order chi connectivity index (χ1) is 7.59. The van der Waals surface area contributed by atoms with E-state index in [-0.39, 0.29) is 5.91 Å². The fourth-order valence-corrected chi connectivity index (χ4v) is 1.91. The van der Waals surface area contributed by atoms with Gasteiger partial charge in [0, 0.05) is 13.1 Å². The van der Waals surface area contributed by atoms with Gasteiger partial charge in [-0.3, -0.25) is 4.79 Å². The van der Waals surface area contributed by atoms with E-state index in [1.807, 2.05) is 0 Å². The third-order valence-electron chi connectivity index (χ3n) is 3.07. The number of carbonyl (C=O) groups excluding carboxylic acids is 1. The van der Waals surface area contributed by atoms with Crippen molar-refractivity contribution in [1.82, 2.24) is 9.88 Å². The van der Waals surface area contributed by atoms with Gasteiger partial charge in [0.05, 0.1) is 17.4 Å². The Labute approximate surface area is 99.4 Å². The second kappa shape index (κ2) is 4.29. The summed E-state index contributed by atoms with van der Waals surface area (Å²) in [4.78, 5) is 17.7. The Morgan fingerprint density at radius 1 is 1.62 bits per heavy atom. The van der Waals surface area contributed by atoms with Crippen LogP contribution in [0, 0.1) is 0 Å². The predicted octanol–water partition coefficient (Wildman–Crippen LogP) is 1.94. The van der Waals surface area contributed by atoms with Gasteiger partial charge >= 0.3 is 0 Å². The number of nitrogen functional groups attached to an aromatic ring is 1. The van der Waals surface area contributed by atoms with E-state index in [0.717, 1.165) is 12.8 Å². The molecule has 1 aliphatic rings. The quantitative estimate of drug-likeness (QED) is 0.803. The maximum absolute atomic E-state index is 12.1. The van der Waals surface area contributed by atoms with Gasteiger partial charge < -0.3 is 10.6 Å². The Morgan fingerprint density at radius 3 is 2.88 bits per heavy atom. The second-order valence-corrected chi connectivity index (χ2v) is 4.48. The Balaban J connectivity index is 2.22.